The summed E-state index contributed by atoms with van der Waals surface area (Å²) in [6, 6.07) is 8.91. The molecule has 1 saturated carbocycles. The van der Waals surface area contributed by atoms with Crippen LogP contribution in [0.15, 0.2) is 24.3 Å². The molecule has 0 atom stereocenters. The zero-order valence-corrected chi connectivity index (χ0v) is 13.8. The van der Waals surface area contributed by atoms with Crippen molar-refractivity contribution >= 4 is 0 Å². The maximum atomic E-state index is 5.85. The lowest BCUT2D eigenvalue weighted by Gasteiger charge is -2.21. The van der Waals surface area contributed by atoms with Crippen molar-refractivity contribution in [1.82, 2.24) is 0 Å². The van der Waals surface area contributed by atoms with Crippen LogP contribution in [0.3, 0.4) is 0 Å². The van der Waals surface area contributed by atoms with Crippen molar-refractivity contribution in [3.63, 3.8) is 0 Å². The predicted octanol–water partition coefficient (Wildman–Crippen LogP) is 5.69. The maximum absolute atomic E-state index is 5.85. The predicted molar refractivity (Wildman–Crippen MR) is 90.7 cm³/mol. The lowest BCUT2D eigenvalue weighted by molar-refractivity contribution is 0.0824. The van der Waals surface area contributed by atoms with Crippen molar-refractivity contribution in [1.29, 1.82) is 0 Å². The Bertz CT molecular complexity index is 379. The molecule has 118 valence electrons. The van der Waals surface area contributed by atoms with Gasteiger partial charge in [0.25, 0.3) is 0 Å². The summed E-state index contributed by atoms with van der Waals surface area (Å²) < 4.78 is 5.85. The zero-order chi connectivity index (χ0) is 14.8. The van der Waals surface area contributed by atoms with E-state index < -0.39 is 0 Å². The van der Waals surface area contributed by atoms with Gasteiger partial charge in [-0.05, 0) is 50.5 Å². The number of aryl methyl sites for hydroxylation is 2. The lowest BCUT2D eigenvalue weighted by Crippen LogP contribution is -2.13. The fourth-order valence-electron chi connectivity index (χ4n) is 3.36. The van der Waals surface area contributed by atoms with Gasteiger partial charge in [0.1, 0.15) is 0 Å². The largest absolute Gasteiger partial charge is 0.381 e. The van der Waals surface area contributed by atoms with Crippen LogP contribution in [0, 0.1) is 12.8 Å². The summed E-state index contributed by atoms with van der Waals surface area (Å²) in [5.74, 6) is 0.861. The Balaban J connectivity index is 1.41. The van der Waals surface area contributed by atoms with Gasteiger partial charge in [-0.25, -0.2) is 0 Å². The van der Waals surface area contributed by atoms with E-state index in [4.69, 9.17) is 4.74 Å². The van der Waals surface area contributed by atoms with E-state index in [1.54, 1.807) is 0 Å². The number of hydrogen-bond acceptors (Lipinski definition) is 1. The molecule has 0 saturated heterocycles. The molecule has 1 aromatic carbocycles. The molecule has 0 bridgehead atoms. The van der Waals surface area contributed by atoms with Gasteiger partial charge in [-0.15, -0.1) is 0 Å². The quantitative estimate of drug-likeness (QED) is 0.530. The van der Waals surface area contributed by atoms with Gasteiger partial charge in [0, 0.05) is 13.2 Å². The summed E-state index contributed by atoms with van der Waals surface area (Å²) >= 11 is 0. The molecular formula is C20H32O. The molecule has 1 fully saturated rings. The van der Waals surface area contributed by atoms with E-state index in [1.807, 2.05) is 0 Å². The molecule has 0 aromatic heterocycles. The van der Waals surface area contributed by atoms with Crippen LogP contribution >= 0.6 is 0 Å². The number of ether oxygens (including phenoxy) is 1. The summed E-state index contributed by atoms with van der Waals surface area (Å²) in [4.78, 5) is 0. The molecule has 21 heavy (non-hydrogen) atoms. The molecule has 1 aromatic rings. The van der Waals surface area contributed by atoms with Gasteiger partial charge >= 0.3 is 0 Å². The summed E-state index contributed by atoms with van der Waals surface area (Å²) in [6.45, 7) is 4.16. The average molecular weight is 288 g/mol. The first-order chi connectivity index (χ1) is 10.3. The molecule has 2 rings (SSSR count). The fourth-order valence-corrected chi connectivity index (χ4v) is 3.36. The van der Waals surface area contributed by atoms with E-state index in [2.05, 4.69) is 31.2 Å². The molecule has 0 aliphatic heterocycles. The van der Waals surface area contributed by atoms with Crippen molar-refractivity contribution in [2.24, 2.45) is 5.92 Å². The third-order valence-electron chi connectivity index (χ3n) is 4.66. The van der Waals surface area contributed by atoms with Gasteiger partial charge in [0.15, 0.2) is 0 Å². The topological polar surface area (TPSA) is 9.23 Å². The second kappa shape index (κ2) is 10.00. The van der Waals surface area contributed by atoms with Gasteiger partial charge in [0.2, 0.25) is 0 Å². The van der Waals surface area contributed by atoms with Crippen molar-refractivity contribution in [3.8, 4) is 0 Å². The highest BCUT2D eigenvalue weighted by atomic mass is 16.5. The minimum Gasteiger partial charge on any atom is -0.381 e. The Kier molecular flexibility index (Phi) is 7.88. The Morgan fingerprint density at radius 1 is 1.00 bits per heavy atom. The Morgan fingerprint density at radius 2 is 1.81 bits per heavy atom. The standard InChI is InChI=1S/C20H32O/c1-18-10-9-14-19(16-18)11-5-2-3-8-15-21-17-20-12-6-4-7-13-20/h9-10,14,16,20H,2-8,11-13,15,17H2,1H3. The first kappa shape index (κ1) is 16.5. The van der Waals surface area contributed by atoms with Crippen LogP contribution in [0.2, 0.25) is 0 Å². The average Bonchev–Trinajstić information content (AvgIpc) is 2.51. The molecule has 0 N–H and O–H groups in total. The smallest absolute Gasteiger partial charge is 0.0494 e. The second-order valence-electron chi connectivity index (χ2n) is 6.73. The molecule has 1 nitrogen and oxygen atoms in total. The first-order valence-corrected chi connectivity index (χ1v) is 8.98. The minimum absolute atomic E-state index is 0.861. The summed E-state index contributed by atoms with van der Waals surface area (Å²) in [7, 11) is 0. The van der Waals surface area contributed by atoms with Crippen LogP contribution in [0.1, 0.15) is 68.9 Å². The molecule has 1 aliphatic carbocycles. The van der Waals surface area contributed by atoms with Crippen LogP contribution in [0.25, 0.3) is 0 Å². The first-order valence-electron chi connectivity index (χ1n) is 8.98. The fraction of sp³-hybridized carbons (Fsp3) is 0.700. The molecule has 1 aliphatic rings. The SMILES string of the molecule is Cc1cccc(CCCCCCOCC2CCCCC2)c1. The third-order valence-corrected chi connectivity index (χ3v) is 4.66. The van der Waals surface area contributed by atoms with E-state index in [9.17, 15) is 0 Å². The number of rotatable bonds is 9. The normalized spacial score (nSPS) is 16.2. The van der Waals surface area contributed by atoms with Gasteiger partial charge < -0.3 is 4.74 Å². The molecule has 0 heterocycles. The van der Waals surface area contributed by atoms with E-state index in [0.29, 0.717) is 0 Å². The molecule has 0 amide bonds. The van der Waals surface area contributed by atoms with Crippen LogP contribution in [0.5, 0.6) is 0 Å². The number of hydrogen-bond donors (Lipinski definition) is 0. The highest BCUT2D eigenvalue weighted by molar-refractivity contribution is 5.22. The molecule has 1 heteroatoms. The van der Waals surface area contributed by atoms with Crippen molar-refractivity contribution in [3.05, 3.63) is 35.4 Å². The van der Waals surface area contributed by atoms with Gasteiger partial charge in [-0.1, -0.05) is 61.9 Å². The van der Waals surface area contributed by atoms with Gasteiger partial charge in [-0.2, -0.15) is 0 Å². The Labute approximate surface area is 131 Å². The monoisotopic (exact) mass is 288 g/mol. The zero-order valence-electron chi connectivity index (χ0n) is 13.8. The molecule has 0 unspecified atom stereocenters. The minimum atomic E-state index is 0.861. The second-order valence-corrected chi connectivity index (χ2v) is 6.73. The Hall–Kier alpha value is -0.820. The number of benzene rings is 1. The molecule has 0 radical (unpaired) electrons. The van der Waals surface area contributed by atoms with Crippen molar-refractivity contribution in [2.75, 3.05) is 13.2 Å². The van der Waals surface area contributed by atoms with Crippen LogP contribution in [-0.2, 0) is 11.2 Å². The summed E-state index contributed by atoms with van der Waals surface area (Å²) in [6.07, 6.45) is 13.5. The highest BCUT2D eigenvalue weighted by Gasteiger charge is 2.12. The highest BCUT2D eigenvalue weighted by Crippen LogP contribution is 2.23. The summed E-state index contributed by atoms with van der Waals surface area (Å²) in [5.41, 5.74) is 2.87. The maximum Gasteiger partial charge on any atom is 0.0494 e. The van der Waals surface area contributed by atoms with Crippen molar-refractivity contribution in [2.45, 2.75) is 71.1 Å². The van der Waals surface area contributed by atoms with Gasteiger partial charge in [0.05, 0.1) is 0 Å². The summed E-state index contributed by atoms with van der Waals surface area (Å²) in [5, 5.41) is 0. The molecular weight excluding hydrogens is 256 g/mol. The van der Waals surface area contributed by atoms with Crippen LogP contribution < -0.4 is 0 Å². The third kappa shape index (κ3) is 7.13. The van der Waals surface area contributed by atoms with Crippen LogP contribution in [0.4, 0.5) is 0 Å². The van der Waals surface area contributed by atoms with E-state index in [1.165, 1.54) is 75.3 Å². The van der Waals surface area contributed by atoms with E-state index in [0.717, 1.165) is 19.1 Å². The van der Waals surface area contributed by atoms with Gasteiger partial charge in [-0.3, -0.25) is 0 Å². The van der Waals surface area contributed by atoms with E-state index in [-0.39, 0.29) is 0 Å². The van der Waals surface area contributed by atoms with Crippen molar-refractivity contribution < 1.29 is 4.74 Å². The number of unbranched alkanes of at least 4 members (excludes halogenated alkanes) is 3. The lowest BCUT2D eigenvalue weighted by atomic mass is 9.90. The van der Waals surface area contributed by atoms with E-state index >= 15 is 0 Å². The Morgan fingerprint density at radius 3 is 2.62 bits per heavy atom. The molecule has 0 spiro atoms. The van der Waals surface area contributed by atoms with Crippen LogP contribution in [-0.4, -0.2) is 13.2 Å².